The van der Waals surface area contributed by atoms with E-state index in [1.54, 1.807) is 26.0 Å². The van der Waals surface area contributed by atoms with Crippen LogP contribution in [0.25, 0.3) is 11.1 Å². The largest absolute Gasteiger partial charge is 0.492 e. The number of carboxylic acids is 1. The van der Waals surface area contributed by atoms with Crippen LogP contribution in [0.3, 0.4) is 0 Å². The number of hydrogen-bond donors (Lipinski definition) is 4. The monoisotopic (exact) mass is 561 g/mol. The Balaban J connectivity index is 1.40. The van der Waals surface area contributed by atoms with Crippen molar-refractivity contribution in [2.75, 3.05) is 13.2 Å². The van der Waals surface area contributed by atoms with E-state index in [0.29, 0.717) is 42.3 Å². The predicted octanol–water partition coefficient (Wildman–Crippen LogP) is 5.11. The smallest absolute Gasteiger partial charge is 0.304 e. The third-order valence-electron chi connectivity index (χ3n) is 7.66. The van der Waals surface area contributed by atoms with E-state index in [1.807, 2.05) is 38.1 Å². The van der Waals surface area contributed by atoms with E-state index in [1.165, 1.54) is 6.07 Å². The summed E-state index contributed by atoms with van der Waals surface area (Å²) in [6, 6.07) is 12.7. The van der Waals surface area contributed by atoms with Gasteiger partial charge in [-0.15, -0.1) is 0 Å². The number of carboxylic acid groups (broad SMARTS) is 1. The Labute approximate surface area is 239 Å². The number of aliphatic hydroxyl groups is 1. The van der Waals surface area contributed by atoms with E-state index >= 15 is 4.39 Å². The van der Waals surface area contributed by atoms with Gasteiger partial charge >= 0.3 is 5.97 Å². The molecule has 0 unspecified atom stereocenters. The van der Waals surface area contributed by atoms with Crippen LogP contribution < -0.4 is 20.6 Å². The number of benzene rings is 3. The maximum atomic E-state index is 15.3. The molecule has 0 saturated carbocycles. The van der Waals surface area contributed by atoms with Gasteiger partial charge in [-0.25, -0.2) is 4.39 Å². The summed E-state index contributed by atoms with van der Waals surface area (Å²) >= 11 is 0. The fourth-order valence-corrected chi connectivity index (χ4v) is 5.82. The van der Waals surface area contributed by atoms with Crippen molar-refractivity contribution >= 4 is 11.8 Å². The van der Waals surface area contributed by atoms with Crippen LogP contribution in [0.2, 0.25) is 0 Å². The SMILES string of the molecule is Cc1cc(/C(N)=N/NCC(C)(C)O)cc(C)c1-c1ccc(F)c2c1CC[C@H]2Oc1ccc2c(c1)OC[C@H]2CC(=O)O. The molecule has 9 heteroatoms. The van der Waals surface area contributed by atoms with Gasteiger partial charge in [0.05, 0.1) is 25.2 Å². The first kappa shape index (κ1) is 28.4. The van der Waals surface area contributed by atoms with Crippen molar-refractivity contribution in [3.63, 3.8) is 0 Å². The lowest BCUT2D eigenvalue weighted by atomic mass is 9.89. The number of hydrazone groups is 1. The van der Waals surface area contributed by atoms with Crippen molar-refractivity contribution < 1.29 is 28.9 Å². The van der Waals surface area contributed by atoms with Gasteiger partial charge in [-0.05, 0) is 92.6 Å². The molecule has 1 aliphatic heterocycles. The molecule has 1 heterocycles. The van der Waals surface area contributed by atoms with Crippen molar-refractivity contribution in [1.29, 1.82) is 0 Å². The van der Waals surface area contributed by atoms with E-state index in [4.69, 9.17) is 20.3 Å². The number of rotatable bonds is 9. The molecule has 0 saturated heterocycles. The Morgan fingerprint density at radius 1 is 1.20 bits per heavy atom. The molecule has 216 valence electrons. The highest BCUT2D eigenvalue weighted by molar-refractivity contribution is 5.98. The summed E-state index contributed by atoms with van der Waals surface area (Å²) in [5, 5.41) is 23.3. The molecule has 0 amide bonds. The zero-order valence-electron chi connectivity index (χ0n) is 23.8. The van der Waals surface area contributed by atoms with Gasteiger partial charge < -0.3 is 30.8 Å². The first-order chi connectivity index (χ1) is 19.4. The highest BCUT2D eigenvalue weighted by Gasteiger charge is 2.32. The molecule has 0 fully saturated rings. The van der Waals surface area contributed by atoms with Crippen LogP contribution in [-0.4, -0.2) is 40.8 Å². The summed E-state index contributed by atoms with van der Waals surface area (Å²) in [5.74, 6) is 0.144. The Morgan fingerprint density at radius 3 is 2.61 bits per heavy atom. The van der Waals surface area contributed by atoms with Crippen LogP contribution in [0, 0.1) is 19.7 Å². The minimum atomic E-state index is -0.913. The third kappa shape index (κ3) is 6.00. The lowest BCUT2D eigenvalue weighted by molar-refractivity contribution is -0.137. The molecule has 5 rings (SSSR count). The van der Waals surface area contributed by atoms with Gasteiger partial charge in [0, 0.05) is 28.7 Å². The Bertz CT molecular complexity index is 1510. The molecule has 0 bridgehead atoms. The van der Waals surface area contributed by atoms with Crippen LogP contribution in [0.4, 0.5) is 4.39 Å². The summed E-state index contributed by atoms with van der Waals surface area (Å²) in [7, 11) is 0. The minimum absolute atomic E-state index is 0.00927. The number of hydrogen-bond acceptors (Lipinski definition) is 6. The quantitative estimate of drug-likeness (QED) is 0.163. The van der Waals surface area contributed by atoms with E-state index in [9.17, 15) is 9.90 Å². The maximum absolute atomic E-state index is 15.3. The zero-order chi connectivity index (χ0) is 29.5. The van der Waals surface area contributed by atoms with Gasteiger partial charge in [0.2, 0.25) is 0 Å². The second kappa shape index (κ2) is 11.0. The molecule has 0 radical (unpaired) electrons. The number of carbonyl (C=O) groups is 1. The molecule has 3 aromatic rings. The predicted molar refractivity (Wildman–Crippen MR) is 155 cm³/mol. The van der Waals surface area contributed by atoms with Gasteiger partial charge in [-0.1, -0.05) is 12.1 Å². The first-order valence-electron chi connectivity index (χ1n) is 13.8. The van der Waals surface area contributed by atoms with Gasteiger partial charge in [0.25, 0.3) is 0 Å². The van der Waals surface area contributed by atoms with Crippen molar-refractivity contribution in [2.24, 2.45) is 10.8 Å². The van der Waals surface area contributed by atoms with Crippen LogP contribution in [0.1, 0.15) is 72.1 Å². The Hall–Kier alpha value is -4.11. The standard InChI is InChI=1S/C32H36FN3O5/c1-17-11-19(31(34)36-35-16-32(3,4)39)12-18(2)29(17)23-7-9-25(33)30-24(23)8-10-26(30)41-21-5-6-22-20(13-28(37)38)15-40-27(22)14-21/h5-7,9,11-12,14,20,26,35,39H,8,10,13,15-16H2,1-4H3,(H2,34,36)(H,37,38)/t20-,26-/m1/s1. The number of nitrogens with zero attached hydrogens (tertiary/aromatic N) is 1. The molecule has 0 spiro atoms. The summed E-state index contributed by atoms with van der Waals surface area (Å²) < 4.78 is 27.3. The summed E-state index contributed by atoms with van der Waals surface area (Å²) in [6.45, 7) is 7.96. The molecule has 2 aliphatic rings. The maximum Gasteiger partial charge on any atom is 0.304 e. The van der Waals surface area contributed by atoms with Crippen LogP contribution >= 0.6 is 0 Å². The first-order valence-corrected chi connectivity index (χ1v) is 13.8. The van der Waals surface area contributed by atoms with Crippen LogP contribution in [0.5, 0.6) is 11.5 Å². The number of fused-ring (bicyclic) bond motifs is 2. The second-order valence-corrected chi connectivity index (χ2v) is 11.6. The Morgan fingerprint density at radius 2 is 1.93 bits per heavy atom. The second-order valence-electron chi connectivity index (χ2n) is 11.6. The number of aliphatic carboxylic acids is 1. The lowest BCUT2D eigenvalue weighted by Gasteiger charge is -2.19. The number of aryl methyl sites for hydroxylation is 2. The van der Waals surface area contributed by atoms with E-state index < -0.39 is 17.7 Å². The molecule has 1 aliphatic carbocycles. The molecule has 41 heavy (non-hydrogen) atoms. The fourth-order valence-electron chi connectivity index (χ4n) is 5.82. The third-order valence-corrected chi connectivity index (χ3v) is 7.66. The number of nitrogens with one attached hydrogen (secondary N) is 1. The summed E-state index contributed by atoms with van der Waals surface area (Å²) in [5.41, 5.74) is 15.2. The van der Waals surface area contributed by atoms with Crippen molar-refractivity contribution in [1.82, 2.24) is 5.43 Å². The number of amidine groups is 1. The van der Waals surface area contributed by atoms with Crippen molar-refractivity contribution in [3.8, 4) is 22.6 Å². The fraction of sp³-hybridized carbons (Fsp3) is 0.375. The van der Waals surface area contributed by atoms with Crippen molar-refractivity contribution in [3.05, 3.63) is 81.7 Å². The molecule has 5 N–H and O–H groups in total. The number of ether oxygens (including phenoxy) is 2. The normalized spacial score (nSPS) is 18.0. The zero-order valence-corrected chi connectivity index (χ0v) is 23.8. The summed E-state index contributed by atoms with van der Waals surface area (Å²) in [6.07, 6.45) is 0.852. The van der Waals surface area contributed by atoms with Crippen molar-refractivity contribution in [2.45, 2.75) is 64.6 Å². The Kier molecular flexibility index (Phi) is 7.66. The molecule has 0 aromatic heterocycles. The van der Waals surface area contributed by atoms with Gasteiger partial charge in [0.1, 0.15) is 23.4 Å². The van der Waals surface area contributed by atoms with Crippen LogP contribution in [-0.2, 0) is 11.2 Å². The average Bonchev–Trinajstić information content (AvgIpc) is 3.48. The average molecular weight is 562 g/mol. The minimum Gasteiger partial charge on any atom is -0.492 e. The summed E-state index contributed by atoms with van der Waals surface area (Å²) in [4.78, 5) is 11.2. The van der Waals surface area contributed by atoms with E-state index in [0.717, 1.165) is 38.9 Å². The molecule has 2 atom stereocenters. The molecular formula is C32H36FN3O5. The van der Waals surface area contributed by atoms with Gasteiger partial charge in [-0.2, -0.15) is 5.10 Å². The van der Waals surface area contributed by atoms with E-state index in [2.05, 4.69) is 10.5 Å². The van der Waals surface area contributed by atoms with Gasteiger partial charge in [-0.3, -0.25) is 4.79 Å². The highest BCUT2D eigenvalue weighted by atomic mass is 19.1. The number of nitrogens with two attached hydrogens (primary N) is 1. The topological polar surface area (TPSA) is 126 Å². The molecule has 3 aromatic carbocycles. The van der Waals surface area contributed by atoms with Gasteiger partial charge in [0.15, 0.2) is 5.84 Å². The lowest BCUT2D eigenvalue weighted by Crippen LogP contribution is -2.33. The number of halogens is 1. The van der Waals surface area contributed by atoms with E-state index in [-0.39, 0.29) is 24.7 Å². The molecular weight excluding hydrogens is 525 g/mol. The molecule has 8 nitrogen and oxygen atoms in total. The highest BCUT2D eigenvalue weighted by Crippen LogP contribution is 2.45. The van der Waals surface area contributed by atoms with Crippen LogP contribution in [0.15, 0.2) is 47.6 Å².